The van der Waals surface area contributed by atoms with E-state index in [0.717, 1.165) is 4.90 Å². The summed E-state index contributed by atoms with van der Waals surface area (Å²) in [5.41, 5.74) is 0. The Balaban J connectivity index is 2.05. The summed E-state index contributed by atoms with van der Waals surface area (Å²) in [6.07, 6.45) is 1.48. The maximum atomic E-state index is 13.0. The van der Waals surface area contributed by atoms with Gasteiger partial charge in [0.25, 0.3) is 8.32 Å². The third-order valence-corrected chi connectivity index (χ3v) is 11.8. The van der Waals surface area contributed by atoms with Crippen LogP contribution in [0.2, 0.25) is 5.04 Å². The van der Waals surface area contributed by atoms with Crippen LogP contribution in [-0.4, -0.2) is 24.4 Å². The minimum Gasteiger partial charge on any atom is -0.400 e. The van der Waals surface area contributed by atoms with Gasteiger partial charge in [-0.15, -0.1) is 6.58 Å². The first-order valence-electron chi connectivity index (χ1n) is 10.2. The molecule has 1 unspecified atom stereocenters. The van der Waals surface area contributed by atoms with Crippen molar-refractivity contribution in [3.8, 4) is 0 Å². The zero-order chi connectivity index (χ0) is 21.6. The molecule has 0 saturated heterocycles. The number of benzene rings is 3. The Morgan fingerprint density at radius 2 is 1.30 bits per heavy atom. The number of hydrogen-bond acceptors (Lipinski definition) is 2. The molecule has 4 heteroatoms. The van der Waals surface area contributed by atoms with Crippen LogP contribution in [0, 0.1) is 0 Å². The van der Waals surface area contributed by atoms with Crippen LogP contribution < -0.4 is 10.4 Å². The summed E-state index contributed by atoms with van der Waals surface area (Å²) < 4.78 is 20.1. The van der Waals surface area contributed by atoms with E-state index in [0.29, 0.717) is 5.75 Å². The molecule has 3 rings (SSSR count). The molecule has 2 nitrogen and oxygen atoms in total. The highest BCUT2D eigenvalue weighted by molar-refractivity contribution is 7.85. The maximum Gasteiger partial charge on any atom is 0.261 e. The molecule has 2 atom stereocenters. The van der Waals surface area contributed by atoms with Crippen LogP contribution in [0.15, 0.2) is 109 Å². The van der Waals surface area contributed by atoms with Crippen molar-refractivity contribution >= 4 is 29.5 Å². The molecular weight excluding hydrogens is 404 g/mol. The predicted molar refractivity (Wildman–Crippen MR) is 130 cm³/mol. The monoisotopic (exact) mass is 434 g/mol. The zero-order valence-electron chi connectivity index (χ0n) is 18.0. The minimum absolute atomic E-state index is 0.134. The molecule has 0 spiro atoms. The largest absolute Gasteiger partial charge is 0.400 e. The second-order valence-electron chi connectivity index (χ2n) is 8.38. The lowest BCUT2D eigenvalue weighted by atomic mass is 10.2. The molecule has 0 saturated carbocycles. The highest BCUT2D eigenvalue weighted by Crippen LogP contribution is 2.37. The molecule has 156 valence electrons. The van der Waals surface area contributed by atoms with E-state index in [9.17, 15) is 4.21 Å². The van der Waals surface area contributed by atoms with E-state index < -0.39 is 19.1 Å². The Morgan fingerprint density at radius 3 is 1.70 bits per heavy atom. The Hall–Kier alpha value is -2.27. The van der Waals surface area contributed by atoms with E-state index in [1.165, 1.54) is 10.4 Å². The molecule has 0 heterocycles. The molecule has 3 aromatic rings. The smallest absolute Gasteiger partial charge is 0.261 e. The van der Waals surface area contributed by atoms with E-state index in [4.69, 9.17) is 4.43 Å². The van der Waals surface area contributed by atoms with Gasteiger partial charge < -0.3 is 4.43 Å². The molecule has 0 aliphatic carbocycles. The van der Waals surface area contributed by atoms with E-state index in [1.54, 1.807) is 6.08 Å². The Kier molecular flexibility index (Phi) is 7.24. The van der Waals surface area contributed by atoms with Gasteiger partial charge in [0.15, 0.2) is 0 Å². The van der Waals surface area contributed by atoms with Crippen molar-refractivity contribution < 1.29 is 8.63 Å². The van der Waals surface area contributed by atoms with Crippen molar-refractivity contribution in [1.82, 2.24) is 0 Å². The van der Waals surface area contributed by atoms with Crippen LogP contribution in [0.5, 0.6) is 0 Å². The molecule has 0 aliphatic heterocycles. The predicted octanol–water partition coefficient (Wildman–Crippen LogP) is 4.93. The van der Waals surface area contributed by atoms with Crippen molar-refractivity contribution in [2.75, 3.05) is 5.75 Å². The number of rotatable bonds is 8. The fourth-order valence-electron chi connectivity index (χ4n) is 3.89. The summed E-state index contributed by atoms with van der Waals surface area (Å²) in [6, 6.07) is 30.6. The van der Waals surface area contributed by atoms with Gasteiger partial charge in [-0.3, -0.25) is 4.21 Å². The van der Waals surface area contributed by atoms with Gasteiger partial charge in [-0.25, -0.2) is 0 Å². The van der Waals surface area contributed by atoms with Crippen molar-refractivity contribution in [2.45, 2.75) is 36.8 Å². The zero-order valence-corrected chi connectivity index (χ0v) is 19.8. The quantitative estimate of drug-likeness (QED) is 0.371. The fourth-order valence-corrected chi connectivity index (χ4v) is 9.81. The van der Waals surface area contributed by atoms with Gasteiger partial charge in [0.2, 0.25) is 0 Å². The molecule has 30 heavy (non-hydrogen) atoms. The lowest BCUT2D eigenvalue weighted by molar-refractivity contribution is 0.255. The van der Waals surface area contributed by atoms with Crippen molar-refractivity contribution in [3.05, 3.63) is 104 Å². The van der Waals surface area contributed by atoms with Gasteiger partial charge in [-0.2, -0.15) is 0 Å². The summed E-state index contributed by atoms with van der Waals surface area (Å²) >= 11 is 0. The Labute approximate surface area is 184 Å². The van der Waals surface area contributed by atoms with E-state index in [2.05, 4.69) is 75.9 Å². The first-order chi connectivity index (χ1) is 14.4. The third-order valence-electron chi connectivity index (χ3n) is 5.33. The first kappa shape index (κ1) is 22.4. The number of hydrogen-bond donors (Lipinski definition) is 0. The SMILES string of the molecule is C=C[C@@H](CS(=O)c1ccccc1)O[Si](c1ccccc1)(c1ccccc1)C(C)(C)C. The summed E-state index contributed by atoms with van der Waals surface area (Å²) in [4.78, 5) is 0.815. The van der Waals surface area contributed by atoms with Crippen molar-refractivity contribution in [2.24, 2.45) is 0 Å². The van der Waals surface area contributed by atoms with E-state index >= 15 is 0 Å². The molecule has 0 N–H and O–H groups in total. The normalized spacial score (nSPS) is 14.1. The molecular formula is C26H30O2SSi. The molecule has 3 aromatic carbocycles. The lowest BCUT2D eigenvalue weighted by Crippen LogP contribution is -2.67. The fraction of sp³-hybridized carbons (Fsp3) is 0.231. The lowest BCUT2D eigenvalue weighted by Gasteiger charge is -2.44. The van der Waals surface area contributed by atoms with Crippen molar-refractivity contribution in [3.63, 3.8) is 0 Å². The van der Waals surface area contributed by atoms with Crippen LogP contribution in [0.1, 0.15) is 20.8 Å². The van der Waals surface area contributed by atoms with Gasteiger partial charge in [-0.1, -0.05) is 106 Å². The molecule has 0 amide bonds. The third kappa shape index (κ3) is 4.72. The summed E-state index contributed by atoms with van der Waals surface area (Å²) in [7, 11) is -3.87. The Morgan fingerprint density at radius 1 is 0.867 bits per heavy atom. The minimum atomic E-state index is -2.71. The summed E-state index contributed by atoms with van der Waals surface area (Å²) in [5, 5.41) is 2.28. The average Bonchev–Trinajstić information content (AvgIpc) is 2.77. The van der Waals surface area contributed by atoms with E-state index in [1.807, 2.05) is 42.5 Å². The molecule has 0 aromatic heterocycles. The van der Waals surface area contributed by atoms with Crippen LogP contribution in [0.25, 0.3) is 0 Å². The molecule has 0 radical (unpaired) electrons. The van der Waals surface area contributed by atoms with Gasteiger partial charge in [0.05, 0.1) is 22.7 Å². The second-order valence-corrected chi connectivity index (χ2v) is 14.1. The standard InChI is InChI=1S/C26H30O2SSi/c1-5-22(21-29(27)23-15-9-6-10-16-23)28-30(26(2,3)4,24-17-11-7-12-18-24)25-19-13-8-14-20-25/h5-20,22H,1,21H2,2-4H3/t22-,29?/m0/s1. The van der Waals surface area contributed by atoms with Gasteiger partial charge in [0.1, 0.15) is 0 Å². The van der Waals surface area contributed by atoms with Crippen LogP contribution in [0.4, 0.5) is 0 Å². The van der Waals surface area contributed by atoms with Gasteiger partial charge >= 0.3 is 0 Å². The second kappa shape index (κ2) is 9.69. The van der Waals surface area contributed by atoms with Gasteiger partial charge in [0, 0.05) is 4.90 Å². The van der Waals surface area contributed by atoms with Crippen LogP contribution in [-0.2, 0) is 15.2 Å². The van der Waals surface area contributed by atoms with Crippen molar-refractivity contribution in [1.29, 1.82) is 0 Å². The summed E-state index contributed by atoms with van der Waals surface area (Å²) in [6.45, 7) is 10.8. The van der Waals surface area contributed by atoms with E-state index in [-0.39, 0.29) is 11.1 Å². The highest BCUT2D eigenvalue weighted by Gasteiger charge is 2.51. The maximum absolute atomic E-state index is 13.0. The van der Waals surface area contributed by atoms with Gasteiger partial charge in [-0.05, 0) is 27.5 Å². The summed E-state index contributed by atoms with van der Waals surface area (Å²) in [5.74, 6) is 0.387. The molecule has 0 fully saturated rings. The molecule has 0 bridgehead atoms. The Bertz CT molecular complexity index is 927. The molecule has 0 aliphatic rings. The average molecular weight is 435 g/mol. The highest BCUT2D eigenvalue weighted by atomic mass is 32.2. The first-order valence-corrected chi connectivity index (χ1v) is 13.5. The van der Waals surface area contributed by atoms with Crippen LogP contribution in [0.3, 0.4) is 0 Å². The topological polar surface area (TPSA) is 26.3 Å². The van der Waals surface area contributed by atoms with Crippen LogP contribution >= 0.6 is 0 Å².